The van der Waals surface area contributed by atoms with E-state index in [1.807, 2.05) is 43.9 Å². The molecule has 2 aromatic carbocycles. The maximum absolute atomic E-state index is 13.7. The monoisotopic (exact) mass is 493 g/mol. The summed E-state index contributed by atoms with van der Waals surface area (Å²) in [6, 6.07) is 16.3. The van der Waals surface area contributed by atoms with Crippen molar-refractivity contribution in [1.29, 1.82) is 0 Å². The van der Waals surface area contributed by atoms with Crippen molar-refractivity contribution in [3.63, 3.8) is 0 Å². The second-order valence-corrected chi connectivity index (χ2v) is 9.17. The number of fused-ring (bicyclic) bond motifs is 4. The van der Waals surface area contributed by atoms with Crippen LogP contribution in [0.15, 0.2) is 91.5 Å². The predicted octanol–water partition coefficient (Wildman–Crippen LogP) is 1.06. The van der Waals surface area contributed by atoms with Crippen molar-refractivity contribution in [3.8, 4) is 11.4 Å². The Morgan fingerprint density at radius 3 is 1.76 bits per heavy atom. The summed E-state index contributed by atoms with van der Waals surface area (Å²) in [6.07, 6.45) is 9.44. The highest BCUT2D eigenvalue weighted by molar-refractivity contribution is 5.44. The topological polar surface area (TPSA) is 97.9 Å². The number of rotatable bonds is 3. The van der Waals surface area contributed by atoms with E-state index in [0.29, 0.717) is 11.4 Å². The molecular weight excluding hydrogens is 472 g/mol. The molecule has 10 heteroatoms. The van der Waals surface area contributed by atoms with Crippen LogP contribution in [0.2, 0.25) is 0 Å². The smallest absolute Gasteiger partial charge is 0.246 e. The Hall–Kier alpha value is -4.34. The number of nitrogens with zero attached hydrogens (tertiary/aromatic N) is 6. The fourth-order valence-corrected chi connectivity index (χ4v) is 5.63. The Morgan fingerprint density at radius 1 is 0.622 bits per heavy atom. The van der Waals surface area contributed by atoms with Gasteiger partial charge in [-0.1, -0.05) is 42.5 Å². The van der Waals surface area contributed by atoms with Gasteiger partial charge in [0.25, 0.3) is 0 Å². The van der Waals surface area contributed by atoms with Gasteiger partial charge in [0.05, 0.1) is 36.5 Å². The summed E-state index contributed by atoms with van der Waals surface area (Å²) < 4.78 is 7.99. The normalized spacial score (nSPS) is 20.8. The van der Waals surface area contributed by atoms with E-state index in [0.717, 1.165) is 20.6 Å². The van der Waals surface area contributed by atoms with Crippen molar-refractivity contribution >= 4 is 0 Å². The molecule has 2 aliphatic heterocycles. The van der Waals surface area contributed by atoms with Gasteiger partial charge in [0.2, 0.25) is 0 Å². The van der Waals surface area contributed by atoms with E-state index in [1.54, 1.807) is 48.5 Å². The van der Waals surface area contributed by atoms with E-state index in [-0.39, 0.29) is 13.1 Å². The van der Waals surface area contributed by atoms with E-state index in [1.165, 1.54) is 18.7 Å². The van der Waals surface area contributed by atoms with Crippen LogP contribution < -0.4 is 22.8 Å². The molecule has 37 heavy (non-hydrogen) atoms. The summed E-state index contributed by atoms with van der Waals surface area (Å²) in [5.41, 5.74) is -0.157. The zero-order valence-electron chi connectivity index (χ0n) is 19.5. The molecule has 10 nitrogen and oxygen atoms in total. The van der Waals surface area contributed by atoms with Crippen LogP contribution in [-0.4, -0.2) is 27.9 Å². The summed E-state index contributed by atoms with van der Waals surface area (Å²) in [5.74, 6) is 0.823. The average Bonchev–Trinajstić information content (AvgIpc) is 3.61. The van der Waals surface area contributed by atoms with Crippen molar-refractivity contribution in [2.75, 3.05) is 0 Å². The molecule has 4 aromatic rings. The second-order valence-electron chi connectivity index (χ2n) is 9.17. The molecule has 2 aromatic heterocycles. The van der Waals surface area contributed by atoms with Crippen LogP contribution in [-0.2, 0) is 13.1 Å². The lowest BCUT2D eigenvalue weighted by Crippen LogP contribution is -2.47. The number of benzene rings is 2. The molecule has 2 atom stereocenters. The zero-order chi connectivity index (χ0) is 25.3. The molecule has 2 unspecified atom stereocenters. The van der Waals surface area contributed by atoms with E-state index < -0.39 is 34.8 Å². The molecule has 183 valence electrons. The standard InChI is InChI=1S/C27H21N6O4/c34-24-28-16-15-21-22(32(28)26(36)30(24)19-11-3-1-4-12-19)17-29-25(35)31(20-13-5-2-6-14-20)27(37)33(29)23(21)18-9-7-8-10-18/h1-15,22-23H,16-17H2. The number of hydrogen-bond donors (Lipinski definition) is 0. The third kappa shape index (κ3) is 3.04. The number of para-hydroxylation sites is 2. The van der Waals surface area contributed by atoms with Crippen molar-refractivity contribution in [2.45, 2.75) is 25.2 Å². The highest BCUT2D eigenvalue weighted by Gasteiger charge is 2.44. The van der Waals surface area contributed by atoms with Gasteiger partial charge in [-0.3, -0.25) is 0 Å². The summed E-state index contributed by atoms with van der Waals surface area (Å²) in [4.78, 5) is 54.4. The van der Waals surface area contributed by atoms with Gasteiger partial charge in [0.15, 0.2) is 0 Å². The van der Waals surface area contributed by atoms with Crippen LogP contribution in [0.3, 0.4) is 0 Å². The summed E-state index contributed by atoms with van der Waals surface area (Å²) >= 11 is 0. The SMILES string of the molecule is O=c1n(-c2ccccc2)c(=O)n2n1CC=C1C2Cn2c(=O)n(-c3ccccc3)c(=O)n2C1[C]1[CH][CH][CH][CH]1. The van der Waals surface area contributed by atoms with Gasteiger partial charge < -0.3 is 0 Å². The Balaban J connectivity index is 1.46. The van der Waals surface area contributed by atoms with Gasteiger partial charge in [0.1, 0.15) is 0 Å². The van der Waals surface area contributed by atoms with Crippen LogP contribution in [0.1, 0.15) is 12.1 Å². The Bertz CT molecular complexity index is 1770. The van der Waals surface area contributed by atoms with Gasteiger partial charge in [-0.25, -0.2) is 47.0 Å². The van der Waals surface area contributed by atoms with Crippen LogP contribution in [0, 0.1) is 31.6 Å². The van der Waals surface area contributed by atoms with Gasteiger partial charge in [-0.05, 0) is 55.5 Å². The van der Waals surface area contributed by atoms with Crippen molar-refractivity contribution < 1.29 is 0 Å². The molecule has 0 amide bonds. The van der Waals surface area contributed by atoms with Crippen molar-refractivity contribution in [1.82, 2.24) is 27.9 Å². The van der Waals surface area contributed by atoms with Gasteiger partial charge >= 0.3 is 22.8 Å². The first kappa shape index (κ1) is 21.9. The van der Waals surface area contributed by atoms with Crippen molar-refractivity contribution in [3.05, 3.63) is 146 Å². The molecule has 7 rings (SSSR count). The van der Waals surface area contributed by atoms with Crippen molar-refractivity contribution in [2.24, 2.45) is 0 Å². The zero-order valence-corrected chi connectivity index (χ0v) is 19.5. The number of aromatic nitrogens is 6. The lowest BCUT2D eigenvalue weighted by atomic mass is 9.85. The minimum Gasteiger partial charge on any atom is -0.246 e. The highest BCUT2D eigenvalue weighted by atomic mass is 16.2. The van der Waals surface area contributed by atoms with Crippen LogP contribution in [0.4, 0.5) is 0 Å². The second kappa shape index (κ2) is 8.09. The molecule has 0 N–H and O–H groups in total. The summed E-state index contributed by atoms with van der Waals surface area (Å²) in [6.45, 7) is 0.213. The maximum atomic E-state index is 13.7. The molecule has 5 radical (unpaired) electrons. The first-order chi connectivity index (χ1) is 18.1. The Morgan fingerprint density at radius 2 is 1.16 bits per heavy atom. The fourth-order valence-electron chi connectivity index (χ4n) is 5.63. The summed E-state index contributed by atoms with van der Waals surface area (Å²) in [7, 11) is 0. The molecule has 3 aliphatic rings. The Kier molecular flexibility index (Phi) is 4.79. The number of allylic oxidation sites excluding steroid dienone is 2. The van der Waals surface area contributed by atoms with Gasteiger partial charge in [-0.2, -0.15) is 0 Å². The van der Waals surface area contributed by atoms with E-state index in [2.05, 4.69) is 0 Å². The summed E-state index contributed by atoms with van der Waals surface area (Å²) in [5, 5.41) is 0. The van der Waals surface area contributed by atoms with E-state index in [4.69, 9.17) is 0 Å². The van der Waals surface area contributed by atoms with Gasteiger partial charge in [-0.15, -0.1) is 0 Å². The molecule has 4 heterocycles. The molecule has 1 fully saturated rings. The third-order valence-corrected chi connectivity index (χ3v) is 7.24. The minimum absolute atomic E-state index is 0.0368. The highest BCUT2D eigenvalue weighted by Crippen LogP contribution is 2.44. The quantitative estimate of drug-likeness (QED) is 0.399. The molecule has 0 spiro atoms. The molecular formula is C27H21N6O4. The van der Waals surface area contributed by atoms with Crippen LogP contribution >= 0.6 is 0 Å². The average molecular weight is 494 g/mol. The largest absolute Gasteiger partial charge is 0.352 e. The lowest BCUT2D eigenvalue weighted by molar-refractivity contribution is 0.238. The van der Waals surface area contributed by atoms with Crippen LogP contribution in [0.25, 0.3) is 11.4 Å². The molecule has 1 saturated carbocycles. The lowest BCUT2D eigenvalue weighted by Gasteiger charge is -2.39. The van der Waals surface area contributed by atoms with Crippen LogP contribution in [0.5, 0.6) is 0 Å². The third-order valence-electron chi connectivity index (χ3n) is 7.24. The first-order valence-electron chi connectivity index (χ1n) is 12.0. The number of hydrogen-bond acceptors (Lipinski definition) is 4. The molecule has 0 saturated heterocycles. The molecule has 1 aliphatic carbocycles. The van der Waals surface area contributed by atoms with E-state index >= 15 is 0 Å². The van der Waals surface area contributed by atoms with Gasteiger partial charge in [0, 0.05) is 5.92 Å². The Labute approximate surface area is 210 Å². The minimum atomic E-state index is -0.623. The predicted molar refractivity (Wildman–Crippen MR) is 135 cm³/mol. The fraction of sp³-hybridized carbons (Fsp3) is 0.148. The molecule has 0 bridgehead atoms. The maximum Gasteiger partial charge on any atom is 0.352 e. The first-order valence-corrected chi connectivity index (χ1v) is 12.0. The van der Waals surface area contributed by atoms with E-state index in [9.17, 15) is 19.2 Å².